The van der Waals surface area contributed by atoms with Crippen LogP contribution in [0.15, 0.2) is 48.5 Å². The monoisotopic (exact) mass is 363 g/mol. The molecule has 2 saturated heterocycles. The molecule has 0 spiro atoms. The normalized spacial score (nSPS) is 16.6. The van der Waals surface area contributed by atoms with Gasteiger partial charge in [-0.15, -0.1) is 0 Å². The molecule has 0 saturated carbocycles. The van der Waals surface area contributed by atoms with Crippen LogP contribution in [-0.4, -0.2) is 42.9 Å². The lowest BCUT2D eigenvalue weighted by Gasteiger charge is -2.18. The summed E-state index contributed by atoms with van der Waals surface area (Å²) in [5.41, 5.74) is 3.04. The minimum Gasteiger partial charge on any atom is -0.372 e. The highest BCUT2D eigenvalue weighted by atomic mass is 16.2. The van der Waals surface area contributed by atoms with E-state index in [2.05, 4.69) is 10.2 Å². The highest BCUT2D eigenvalue weighted by molar-refractivity contribution is 6.06. The number of anilines is 2. The van der Waals surface area contributed by atoms with Crippen LogP contribution in [0.2, 0.25) is 0 Å². The second kappa shape index (κ2) is 7.82. The quantitative estimate of drug-likeness (QED) is 0.899. The molecule has 2 aliphatic heterocycles. The average Bonchev–Trinajstić information content (AvgIpc) is 3.42. The predicted octanol–water partition coefficient (Wildman–Crippen LogP) is 3.78. The fourth-order valence-corrected chi connectivity index (χ4v) is 3.83. The van der Waals surface area contributed by atoms with Crippen LogP contribution in [0.5, 0.6) is 0 Å². The summed E-state index contributed by atoms with van der Waals surface area (Å²) in [7, 11) is 0. The van der Waals surface area contributed by atoms with Crippen LogP contribution in [0.25, 0.3) is 0 Å². The van der Waals surface area contributed by atoms with Gasteiger partial charge < -0.3 is 15.1 Å². The minimum atomic E-state index is -0.194. The number of hydrogen-bond acceptors (Lipinski definition) is 3. The molecular formula is C22H25N3O2. The van der Waals surface area contributed by atoms with Gasteiger partial charge in [-0.3, -0.25) is 9.59 Å². The third kappa shape index (κ3) is 3.97. The third-order valence-corrected chi connectivity index (χ3v) is 5.36. The first-order valence-electron chi connectivity index (χ1n) is 9.76. The molecule has 2 aromatic rings. The fourth-order valence-electron chi connectivity index (χ4n) is 3.83. The SMILES string of the molecule is O=C(Nc1ccc(N2CCCC2)cc1)c1cccc(C(=O)N2CCCC2)c1. The zero-order valence-corrected chi connectivity index (χ0v) is 15.5. The van der Waals surface area contributed by atoms with Crippen molar-refractivity contribution < 1.29 is 9.59 Å². The van der Waals surface area contributed by atoms with E-state index in [9.17, 15) is 9.59 Å². The molecule has 5 nitrogen and oxygen atoms in total. The van der Waals surface area contributed by atoms with E-state index in [4.69, 9.17) is 0 Å². The Kier molecular flexibility index (Phi) is 5.10. The number of likely N-dealkylation sites (tertiary alicyclic amines) is 1. The summed E-state index contributed by atoms with van der Waals surface area (Å²) in [4.78, 5) is 29.4. The van der Waals surface area contributed by atoms with E-state index in [0.717, 1.165) is 44.7 Å². The lowest BCUT2D eigenvalue weighted by Crippen LogP contribution is -2.27. The van der Waals surface area contributed by atoms with Gasteiger partial charge in [0.05, 0.1) is 0 Å². The number of rotatable bonds is 4. The van der Waals surface area contributed by atoms with Crippen molar-refractivity contribution in [1.82, 2.24) is 4.90 Å². The molecule has 1 N–H and O–H groups in total. The largest absolute Gasteiger partial charge is 0.372 e. The summed E-state index contributed by atoms with van der Waals surface area (Å²) in [5.74, 6) is -0.183. The molecule has 5 heteroatoms. The highest BCUT2D eigenvalue weighted by Crippen LogP contribution is 2.22. The van der Waals surface area contributed by atoms with Gasteiger partial charge in [-0.2, -0.15) is 0 Å². The van der Waals surface area contributed by atoms with Crippen LogP contribution in [0, 0.1) is 0 Å². The van der Waals surface area contributed by atoms with Crippen LogP contribution in [0.1, 0.15) is 46.4 Å². The second-order valence-corrected chi connectivity index (χ2v) is 7.28. The molecule has 2 fully saturated rings. The van der Waals surface area contributed by atoms with Crippen molar-refractivity contribution in [1.29, 1.82) is 0 Å². The van der Waals surface area contributed by atoms with Gasteiger partial charge in [-0.05, 0) is 68.1 Å². The van der Waals surface area contributed by atoms with Gasteiger partial charge in [-0.1, -0.05) is 6.07 Å². The second-order valence-electron chi connectivity index (χ2n) is 7.28. The van der Waals surface area contributed by atoms with Gasteiger partial charge in [0.2, 0.25) is 0 Å². The van der Waals surface area contributed by atoms with E-state index in [-0.39, 0.29) is 11.8 Å². The summed E-state index contributed by atoms with van der Waals surface area (Å²) >= 11 is 0. The van der Waals surface area contributed by atoms with E-state index in [1.54, 1.807) is 24.3 Å². The van der Waals surface area contributed by atoms with Crippen LogP contribution in [-0.2, 0) is 0 Å². The Morgan fingerprint density at radius 1 is 0.778 bits per heavy atom. The van der Waals surface area contributed by atoms with Crippen molar-refractivity contribution in [2.45, 2.75) is 25.7 Å². The Bertz CT molecular complexity index is 820. The van der Waals surface area contributed by atoms with E-state index < -0.39 is 0 Å². The molecule has 0 aromatic heterocycles. The Labute approximate surface area is 160 Å². The molecular weight excluding hydrogens is 338 g/mol. The van der Waals surface area contributed by atoms with E-state index in [1.165, 1.54) is 18.5 Å². The smallest absolute Gasteiger partial charge is 0.255 e. The van der Waals surface area contributed by atoms with Crippen molar-refractivity contribution in [3.05, 3.63) is 59.7 Å². The first-order chi connectivity index (χ1) is 13.2. The summed E-state index contributed by atoms with van der Waals surface area (Å²) in [6.45, 7) is 3.81. The molecule has 2 heterocycles. The number of hydrogen-bond donors (Lipinski definition) is 1. The molecule has 27 heavy (non-hydrogen) atoms. The minimum absolute atomic E-state index is 0.0112. The van der Waals surface area contributed by atoms with Gasteiger partial charge in [0.1, 0.15) is 0 Å². The van der Waals surface area contributed by atoms with E-state index in [0.29, 0.717) is 11.1 Å². The molecule has 4 rings (SSSR count). The molecule has 0 radical (unpaired) electrons. The number of carbonyl (C=O) groups is 2. The summed E-state index contributed by atoms with van der Waals surface area (Å²) in [6.07, 6.45) is 4.59. The standard InChI is InChI=1S/C22H25N3O2/c26-21(23-19-8-10-20(11-9-19)24-12-1-2-13-24)17-6-5-7-18(16-17)22(27)25-14-3-4-15-25/h5-11,16H,1-4,12-15H2,(H,23,26). The molecule has 0 atom stereocenters. The summed E-state index contributed by atoms with van der Waals surface area (Å²) in [5, 5.41) is 2.93. The molecule has 140 valence electrons. The average molecular weight is 363 g/mol. The first kappa shape index (κ1) is 17.6. The maximum Gasteiger partial charge on any atom is 0.255 e. The lowest BCUT2D eigenvalue weighted by atomic mass is 10.1. The first-order valence-corrected chi connectivity index (χ1v) is 9.76. The maximum absolute atomic E-state index is 12.6. The van der Waals surface area contributed by atoms with Crippen molar-refractivity contribution in [3.8, 4) is 0 Å². The van der Waals surface area contributed by atoms with Crippen molar-refractivity contribution >= 4 is 23.2 Å². The number of benzene rings is 2. The van der Waals surface area contributed by atoms with Gasteiger partial charge in [0.15, 0.2) is 0 Å². The van der Waals surface area contributed by atoms with Crippen LogP contribution in [0.4, 0.5) is 11.4 Å². The Balaban J connectivity index is 1.43. The molecule has 0 bridgehead atoms. The number of nitrogens with zero attached hydrogens (tertiary/aromatic N) is 2. The van der Waals surface area contributed by atoms with Gasteiger partial charge in [0, 0.05) is 48.7 Å². The van der Waals surface area contributed by atoms with E-state index in [1.807, 2.05) is 29.2 Å². The molecule has 0 aliphatic carbocycles. The zero-order chi connectivity index (χ0) is 18.6. The highest BCUT2D eigenvalue weighted by Gasteiger charge is 2.20. The molecule has 2 aliphatic rings. The topological polar surface area (TPSA) is 52.7 Å². The molecule has 2 amide bonds. The Morgan fingerprint density at radius 2 is 1.41 bits per heavy atom. The van der Waals surface area contributed by atoms with E-state index >= 15 is 0 Å². The third-order valence-electron chi connectivity index (χ3n) is 5.36. The van der Waals surface area contributed by atoms with Gasteiger partial charge in [0.25, 0.3) is 11.8 Å². The van der Waals surface area contributed by atoms with Crippen molar-refractivity contribution in [3.63, 3.8) is 0 Å². The lowest BCUT2D eigenvalue weighted by molar-refractivity contribution is 0.0793. The van der Waals surface area contributed by atoms with Crippen LogP contribution >= 0.6 is 0 Å². The Hall–Kier alpha value is -2.82. The van der Waals surface area contributed by atoms with Gasteiger partial charge >= 0.3 is 0 Å². The number of nitrogens with one attached hydrogen (secondary N) is 1. The van der Waals surface area contributed by atoms with Crippen LogP contribution in [0.3, 0.4) is 0 Å². The Morgan fingerprint density at radius 3 is 2.11 bits per heavy atom. The van der Waals surface area contributed by atoms with Gasteiger partial charge in [-0.25, -0.2) is 0 Å². The zero-order valence-electron chi connectivity index (χ0n) is 15.5. The van der Waals surface area contributed by atoms with Crippen molar-refractivity contribution in [2.24, 2.45) is 0 Å². The van der Waals surface area contributed by atoms with Crippen molar-refractivity contribution in [2.75, 3.05) is 36.4 Å². The fraction of sp³-hybridized carbons (Fsp3) is 0.364. The molecule has 0 unspecified atom stereocenters. The summed E-state index contributed by atoms with van der Waals surface area (Å²) < 4.78 is 0. The van der Waals surface area contributed by atoms with Crippen LogP contribution < -0.4 is 10.2 Å². The molecule has 2 aromatic carbocycles. The maximum atomic E-state index is 12.6. The number of carbonyl (C=O) groups excluding carboxylic acids is 2. The summed E-state index contributed by atoms with van der Waals surface area (Å²) in [6, 6.07) is 15.0. The number of amides is 2. The predicted molar refractivity (Wildman–Crippen MR) is 107 cm³/mol.